The van der Waals surface area contributed by atoms with Crippen LogP contribution in [0.25, 0.3) is 0 Å². The summed E-state index contributed by atoms with van der Waals surface area (Å²) in [6.07, 6.45) is 6.37. The fraction of sp³-hybridized carbons (Fsp3) is 0.545. The highest BCUT2D eigenvalue weighted by Gasteiger charge is 2.26. The van der Waals surface area contributed by atoms with Gasteiger partial charge >= 0.3 is 0 Å². The molecule has 1 aromatic carbocycles. The van der Waals surface area contributed by atoms with Crippen LogP contribution in [0.1, 0.15) is 36.8 Å². The third kappa shape index (κ3) is 5.35. The van der Waals surface area contributed by atoms with Crippen LogP contribution < -0.4 is 5.32 Å². The average molecular weight is 383 g/mol. The Morgan fingerprint density at radius 1 is 1.36 bits per heavy atom. The molecule has 0 spiro atoms. The molecule has 0 amide bonds. The number of nitrogens with zero attached hydrogens (tertiary/aromatic N) is 5. The van der Waals surface area contributed by atoms with Crippen LogP contribution >= 0.6 is 0 Å². The Hall–Kier alpha value is -2.34. The lowest BCUT2D eigenvalue weighted by Gasteiger charge is -2.26. The highest BCUT2D eigenvalue weighted by atomic mass is 15.3. The highest BCUT2D eigenvalue weighted by Crippen LogP contribution is 2.26. The number of rotatable bonds is 7. The molecule has 0 bridgehead atoms. The van der Waals surface area contributed by atoms with Crippen LogP contribution in [0.4, 0.5) is 0 Å². The van der Waals surface area contributed by atoms with Crippen LogP contribution in [0, 0.1) is 0 Å². The first-order valence-corrected chi connectivity index (χ1v) is 10.2. The van der Waals surface area contributed by atoms with E-state index in [0.717, 1.165) is 45.0 Å². The number of nitrogens with one attached hydrogen (secondary N) is 1. The first-order valence-electron chi connectivity index (χ1n) is 10.2. The van der Waals surface area contributed by atoms with E-state index in [4.69, 9.17) is 0 Å². The molecule has 2 unspecified atom stereocenters. The predicted octanol–water partition coefficient (Wildman–Crippen LogP) is 2.70. The van der Waals surface area contributed by atoms with E-state index in [1.807, 2.05) is 25.0 Å². The van der Waals surface area contributed by atoms with Gasteiger partial charge in [-0.3, -0.25) is 14.6 Å². The van der Waals surface area contributed by atoms with Crippen molar-refractivity contribution in [3.63, 3.8) is 0 Å². The number of aryl methyl sites for hydroxylation is 1. The zero-order chi connectivity index (χ0) is 19.9. The molecule has 1 aliphatic heterocycles. The van der Waals surface area contributed by atoms with Gasteiger partial charge in [-0.1, -0.05) is 30.3 Å². The van der Waals surface area contributed by atoms with Crippen LogP contribution in [0.2, 0.25) is 0 Å². The number of likely N-dealkylation sites (tertiary alicyclic amines) is 1. The fourth-order valence-electron chi connectivity index (χ4n) is 3.85. The first kappa shape index (κ1) is 20.4. The Bertz CT molecular complexity index is 753. The van der Waals surface area contributed by atoms with Gasteiger partial charge in [0.05, 0.1) is 6.20 Å². The maximum absolute atomic E-state index is 4.51. The molecule has 1 aromatic heterocycles. The van der Waals surface area contributed by atoms with Gasteiger partial charge in [-0.25, -0.2) is 0 Å². The van der Waals surface area contributed by atoms with E-state index >= 15 is 0 Å². The van der Waals surface area contributed by atoms with Crippen molar-refractivity contribution in [2.45, 2.75) is 38.3 Å². The van der Waals surface area contributed by atoms with Crippen LogP contribution in [0.5, 0.6) is 0 Å². The van der Waals surface area contributed by atoms with Gasteiger partial charge in [0.2, 0.25) is 0 Å². The van der Waals surface area contributed by atoms with Crippen LogP contribution in [-0.4, -0.2) is 65.3 Å². The van der Waals surface area contributed by atoms with Gasteiger partial charge in [-0.2, -0.15) is 5.10 Å². The molecular formula is C22H34N6. The van der Waals surface area contributed by atoms with E-state index in [2.05, 4.69) is 75.7 Å². The van der Waals surface area contributed by atoms with E-state index in [9.17, 15) is 0 Å². The standard InChI is InChI=1S/C22H34N6/c1-18(26(3)15-19-8-6-5-7-9-19)10-12-24-22(23-2)28-13-11-20(17-28)21-14-25-27(4)16-21/h5-9,14,16,18,20H,10-13,15,17H2,1-4H3,(H,23,24). The molecule has 1 aliphatic rings. The molecule has 6 heteroatoms. The van der Waals surface area contributed by atoms with Gasteiger partial charge < -0.3 is 10.2 Å². The highest BCUT2D eigenvalue weighted by molar-refractivity contribution is 5.80. The number of hydrogen-bond donors (Lipinski definition) is 1. The zero-order valence-corrected chi connectivity index (χ0v) is 17.7. The summed E-state index contributed by atoms with van der Waals surface area (Å²) in [5.41, 5.74) is 2.69. The number of hydrogen-bond acceptors (Lipinski definition) is 3. The Balaban J connectivity index is 1.43. The van der Waals surface area contributed by atoms with Gasteiger partial charge in [0.15, 0.2) is 5.96 Å². The van der Waals surface area contributed by atoms with Crippen molar-refractivity contribution >= 4 is 5.96 Å². The van der Waals surface area contributed by atoms with E-state index in [0.29, 0.717) is 12.0 Å². The van der Waals surface area contributed by atoms with Crippen molar-refractivity contribution in [1.29, 1.82) is 0 Å². The summed E-state index contributed by atoms with van der Waals surface area (Å²) in [4.78, 5) is 9.29. The zero-order valence-electron chi connectivity index (χ0n) is 17.7. The van der Waals surface area contributed by atoms with Crippen LogP contribution in [-0.2, 0) is 13.6 Å². The smallest absolute Gasteiger partial charge is 0.193 e. The monoisotopic (exact) mass is 382 g/mol. The van der Waals surface area contributed by atoms with Gasteiger partial charge in [0.1, 0.15) is 0 Å². The Labute approximate surface area is 169 Å². The number of guanidine groups is 1. The Morgan fingerprint density at radius 2 is 2.14 bits per heavy atom. The van der Waals surface area contributed by atoms with Crippen LogP contribution in [0.3, 0.4) is 0 Å². The number of aliphatic imine (C=N–C) groups is 1. The molecule has 0 radical (unpaired) electrons. The molecule has 0 saturated carbocycles. The summed E-state index contributed by atoms with van der Waals surface area (Å²) in [6.45, 7) is 6.26. The lowest BCUT2D eigenvalue weighted by Crippen LogP contribution is -2.42. The summed E-state index contributed by atoms with van der Waals surface area (Å²) >= 11 is 0. The second-order valence-electron chi connectivity index (χ2n) is 7.89. The Kier molecular flexibility index (Phi) is 7.09. The van der Waals surface area contributed by atoms with E-state index in [1.54, 1.807) is 0 Å². The largest absolute Gasteiger partial charge is 0.356 e. The molecule has 28 heavy (non-hydrogen) atoms. The second kappa shape index (κ2) is 9.73. The number of benzene rings is 1. The fourth-order valence-corrected chi connectivity index (χ4v) is 3.85. The van der Waals surface area contributed by atoms with E-state index in [-0.39, 0.29) is 0 Å². The Morgan fingerprint density at radius 3 is 2.82 bits per heavy atom. The second-order valence-corrected chi connectivity index (χ2v) is 7.89. The average Bonchev–Trinajstić information content (AvgIpc) is 3.35. The minimum atomic E-state index is 0.507. The van der Waals surface area contributed by atoms with E-state index < -0.39 is 0 Å². The molecular weight excluding hydrogens is 348 g/mol. The lowest BCUT2D eigenvalue weighted by molar-refractivity contribution is 0.238. The molecule has 2 heterocycles. The van der Waals surface area contributed by atoms with Crippen molar-refractivity contribution in [3.05, 3.63) is 53.9 Å². The molecule has 1 saturated heterocycles. The SMILES string of the molecule is CN=C(NCCC(C)N(C)Cc1ccccc1)N1CCC(c2cnn(C)c2)C1. The first-order chi connectivity index (χ1) is 13.6. The normalized spacial score (nSPS) is 18.7. The van der Waals surface area contributed by atoms with Crippen LogP contribution in [0.15, 0.2) is 47.7 Å². The quantitative estimate of drug-likeness (QED) is 0.591. The molecule has 2 atom stereocenters. The molecule has 0 aliphatic carbocycles. The maximum Gasteiger partial charge on any atom is 0.193 e. The number of aromatic nitrogens is 2. The third-order valence-corrected chi connectivity index (χ3v) is 5.77. The summed E-state index contributed by atoms with van der Waals surface area (Å²) in [5, 5.41) is 7.88. The minimum absolute atomic E-state index is 0.507. The van der Waals surface area contributed by atoms with Gasteiger partial charge in [0.25, 0.3) is 0 Å². The lowest BCUT2D eigenvalue weighted by atomic mass is 10.0. The van der Waals surface area contributed by atoms with Crippen molar-refractivity contribution in [3.8, 4) is 0 Å². The molecule has 6 nitrogen and oxygen atoms in total. The summed E-state index contributed by atoms with van der Waals surface area (Å²) in [5.74, 6) is 1.56. The topological polar surface area (TPSA) is 48.7 Å². The van der Waals surface area contributed by atoms with Crippen molar-refractivity contribution < 1.29 is 0 Å². The summed E-state index contributed by atoms with van der Waals surface area (Å²) in [7, 11) is 6.06. The van der Waals surface area contributed by atoms with Crippen molar-refractivity contribution in [2.24, 2.45) is 12.0 Å². The molecule has 1 N–H and O–H groups in total. The van der Waals surface area contributed by atoms with E-state index in [1.165, 1.54) is 11.1 Å². The summed E-state index contributed by atoms with van der Waals surface area (Å²) < 4.78 is 1.89. The minimum Gasteiger partial charge on any atom is -0.356 e. The van der Waals surface area contributed by atoms with Gasteiger partial charge in [0, 0.05) is 58.4 Å². The van der Waals surface area contributed by atoms with Crippen molar-refractivity contribution in [1.82, 2.24) is 24.9 Å². The van der Waals surface area contributed by atoms with Gasteiger partial charge in [-0.05, 0) is 37.9 Å². The van der Waals surface area contributed by atoms with Gasteiger partial charge in [-0.15, -0.1) is 0 Å². The molecule has 2 aromatic rings. The predicted molar refractivity (Wildman–Crippen MR) is 115 cm³/mol. The molecule has 152 valence electrons. The third-order valence-electron chi connectivity index (χ3n) is 5.77. The summed E-state index contributed by atoms with van der Waals surface area (Å²) in [6, 6.07) is 11.2. The molecule has 1 fully saturated rings. The molecule has 3 rings (SSSR count). The van der Waals surface area contributed by atoms with Crippen molar-refractivity contribution in [2.75, 3.05) is 33.7 Å². The maximum atomic E-state index is 4.51.